The van der Waals surface area contributed by atoms with E-state index in [0.29, 0.717) is 6.04 Å². The Labute approximate surface area is 89.9 Å². The first kappa shape index (κ1) is 10.2. The van der Waals surface area contributed by atoms with Gasteiger partial charge < -0.3 is 10.6 Å². The van der Waals surface area contributed by atoms with E-state index in [1.54, 1.807) is 0 Å². The Balaban J connectivity index is 1.98. The second-order valence-electron chi connectivity index (χ2n) is 4.03. The van der Waals surface area contributed by atoms with E-state index in [9.17, 15) is 4.79 Å². The molecule has 1 aromatic carbocycles. The molecular weight excluding hydrogens is 188 g/mol. The monoisotopic (exact) mass is 204 g/mol. The third kappa shape index (κ3) is 2.57. The first-order valence-corrected chi connectivity index (χ1v) is 5.34. The van der Waals surface area contributed by atoms with Gasteiger partial charge in [0.25, 0.3) is 5.91 Å². The number of amides is 1. The summed E-state index contributed by atoms with van der Waals surface area (Å²) in [6.45, 7) is 3.90. The Morgan fingerprint density at radius 1 is 1.40 bits per heavy atom. The highest BCUT2D eigenvalue weighted by Gasteiger charge is 2.17. The molecule has 1 aliphatic rings. The molecule has 0 spiro atoms. The molecule has 3 heteroatoms. The summed E-state index contributed by atoms with van der Waals surface area (Å²) < 4.78 is 0. The van der Waals surface area contributed by atoms with Gasteiger partial charge in [0.2, 0.25) is 0 Å². The summed E-state index contributed by atoms with van der Waals surface area (Å²) in [5.74, 6) is 0.0312. The van der Waals surface area contributed by atoms with Crippen LogP contribution in [0.2, 0.25) is 0 Å². The maximum Gasteiger partial charge on any atom is 0.251 e. The molecule has 1 saturated heterocycles. The molecule has 0 radical (unpaired) electrons. The van der Waals surface area contributed by atoms with Crippen molar-refractivity contribution in [1.82, 2.24) is 10.6 Å². The largest absolute Gasteiger partial charge is 0.348 e. The predicted octanol–water partition coefficient (Wildman–Crippen LogP) is 1.09. The first-order chi connectivity index (χ1) is 7.25. The predicted molar refractivity (Wildman–Crippen MR) is 59.9 cm³/mol. The molecule has 1 amide bonds. The lowest BCUT2D eigenvalue weighted by atomic mass is 10.1. The molecule has 0 aromatic heterocycles. The summed E-state index contributed by atoms with van der Waals surface area (Å²) in [7, 11) is 0. The number of carbonyl (C=O) groups is 1. The van der Waals surface area contributed by atoms with Crippen molar-refractivity contribution in [1.29, 1.82) is 0 Å². The molecular formula is C12H16N2O. The van der Waals surface area contributed by atoms with Crippen LogP contribution in [0.5, 0.6) is 0 Å². The second-order valence-corrected chi connectivity index (χ2v) is 4.03. The third-order valence-electron chi connectivity index (χ3n) is 2.71. The van der Waals surface area contributed by atoms with Crippen LogP contribution in [0.3, 0.4) is 0 Å². The lowest BCUT2D eigenvalue weighted by Gasteiger charge is -2.11. The number of benzene rings is 1. The highest BCUT2D eigenvalue weighted by molar-refractivity contribution is 5.94. The molecule has 2 N–H and O–H groups in total. The molecule has 1 atom stereocenters. The van der Waals surface area contributed by atoms with E-state index in [1.165, 1.54) is 5.56 Å². The van der Waals surface area contributed by atoms with Crippen LogP contribution in [0.15, 0.2) is 24.3 Å². The van der Waals surface area contributed by atoms with Crippen molar-refractivity contribution in [3.63, 3.8) is 0 Å². The minimum atomic E-state index is 0.0312. The number of hydrogen-bond donors (Lipinski definition) is 2. The van der Waals surface area contributed by atoms with Gasteiger partial charge in [0, 0.05) is 18.2 Å². The van der Waals surface area contributed by atoms with Crippen LogP contribution >= 0.6 is 0 Å². The molecule has 0 aliphatic carbocycles. The number of aryl methyl sites for hydroxylation is 1. The van der Waals surface area contributed by atoms with Crippen LogP contribution in [0.1, 0.15) is 22.3 Å². The number of nitrogens with one attached hydrogen (secondary N) is 2. The highest BCUT2D eigenvalue weighted by Crippen LogP contribution is 2.04. The van der Waals surface area contributed by atoms with Crippen LogP contribution < -0.4 is 10.6 Å². The Bertz CT molecular complexity index is 339. The van der Waals surface area contributed by atoms with Gasteiger partial charge in [0.1, 0.15) is 0 Å². The fraction of sp³-hybridized carbons (Fsp3) is 0.417. The van der Waals surface area contributed by atoms with Crippen molar-refractivity contribution in [2.24, 2.45) is 0 Å². The number of carbonyl (C=O) groups excluding carboxylic acids is 1. The topological polar surface area (TPSA) is 41.1 Å². The van der Waals surface area contributed by atoms with Gasteiger partial charge in [0.05, 0.1) is 0 Å². The molecule has 1 fully saturated rings. The summed E-state index contributed by atoms with van der Waals surface area (Å²) in [5, 5.41) is 6.24. The van der Waals surface area contributed by atoms with Crippen molar-refractivity contribution in [3.05, 3.63) is 35.4 Å². The van der Waals surface area contributed by atoms with Gasteiger partial charge in [-0.15, -0.1) is 0 Å². The molecule has 0 bridgehead atoms. The van der Waals surface area contributed by atoms with Crippen molar-refractivity contribution in [2.45, 2.75) is 19.4 Å². The first-order valence-electron chi connectivity index (χ1n) is 5.34. The molecule has 15 heavy (non-hydrogen) atoms. The average molecular weight is 204 g/mol. The Kier molecular flexibility index (Phi) is 3.02. The van der Waals surface area contributed by atoms with Crippen LogP contribution in [0.4, 0.5) is 0 Å². The Hall–Kier alpha value is -1.35. The fourth-order valence-electron chi connectivity index (χ4n) is 1.75. The van der Waals surface area contributed by atoms with Crippen LogP contribution in [-0.2, 0) is 0 Å². The van der Waals surface area contributed by atoms with Gasteiger partial charge in [-0.05, 0) is 32.0 Å². The van der Waals surface area contributed by atoms with Gasteiger partial charge in [0.15, 0.2) is 0 Å². The van der Waals surface area contributed by atoms with E-state index in [2.05, 4.69) is 10.6 Å². The van der Waals surface area contributed by atoms with E-state index < -0.39 is 0 Å². The quantitative estimate of drug-likeness (QED) is 0.757. The SMILES string of the molecule is Cc1ccc(C(=O)N[C@@H]2CCNC2)cc1. The zero-order valence-electron chi connectivity index (χ0n) is 8.92. The van der Waals surface area contributed by atoms with Gasteiger partial charge in [-0.3, -0.25) is 4.79 Å². The molecule has 0 unspecified atom stereocenters. The molecule has 2 rings (SSSR count). The van der Waals surface area contributed by atoms with Crippen LogP contribution in [-0.4, -0.2) is 25.0 Å². The molecule has 1 aromatic rings. The van der Waals surface area contributed by atoms with Gasteiger partial charge >= 0.3 is 0 Å². The fourth-order valence-corrected chi connectivity index (χ4v) is 1.75. The van der Waals surface area contributed by atoms with Crippen LogP contribution in [0.25, 0.3) is 0 Å². The summed E-state index contributed by atoms with van der Waals surface area (Å²) >= 11 is 0. The lowest BCUT2D eigenvalue weighted by molar-refractivity contribution is 0.0940. The zero-order chi connectivity index (χ0) is 10.7. The minimum absolute atomic E-state index is 0.0312. The van der Waals surface area contributed by atoms with E-state index in [1.807, 2.05) is 31.2 Å². The van der Waals surface area contributed by atoms with Gasteiger partial charge in [-0.25, -0.2) is 0 Å². The van der Waals surface area contributed by atoms with Crippen molar-refractivity contribution < 1.29 is 4.79 Å². The zero-order valence-corrected chi connectivity index (χ0v) is 8.92. The van der Waals surface area contributed by atoms with E-state index in [-0.39, 0.29) is 5.91 Å². The standard InChI is InChI=1S/C12H16N2O/c1-9-2-4-10(5-3-9)12(15)14-11-6-7-13-8-11/h2-5,11,13H,6-8H2,1H3,(H,14,15)/t11-/m1/s1. The second kappa shape index (κ2) is 4.45. The molecule has 3 nitrogen and oxygen atoms in total. The Morgan fingerprint density at radius 3 is 2.73 bits per heavy atom. The van der Waals surface area contributed by atoms with Crippen LogP contribution in [0, 0.1) is 6.92 Å². The van der Waals surface area contributed by atoms with Gasteiger partial charge in [-0.1, -0.05) is 17.7 Å². The van der Waals surface area contributed by atoms with Crippen molar-refractivity contribution >= 4 is 5.91 Å². The highest BCUT2D eigenvalue weighted by atomic mass is 16.1. The number of hydrogen-bond acceptors (Lipinski definition) is 2. The summed E-state index contributed by atoms with van der Waals surface area (Å²) in [6.07, 6.45) is 1.03. The number of rotatable bonds is 2. The van der Waals surface area contributed by atoms with Gasteiger partial charge in [-0.2, -0.15) is 0 Å². The van der Waals surface area contributed by atoms with E-state index in [0.717, 1.165) is 25.1 Å². The summed E-state index contributed by atoms with van der Waals surface area (Å²) in [4.78, 5) is 11.8. The van der Waals surface area contributed by atoms with E-state index in [4.69, 9.17) is 0 Å². The van der Waals surface area contributed by atoms with Crippen molar-refractivity contribution in [2.75, 3.05) is 13.1 Å². The van der Waals surface area contributed by atoms with Crippen molar-refractivity contribution in [3.8, 4) is 0 Å². The van der Waals surface area contributed by atoms with E-state index >= 15 is 0 Å². The summed E-state index contributed by atoms with van der Waals surface area (Å²) in [6, 6.07) is 7.95. The maximum absolute atomic E-state index is 11.8. The Morgan fingerprint density at radius 2 is 2.13 bits per heavy atom. The average Bonchev–Trinajstić information content (AvgIpc) is 2.71. The lowest BCUT2D eigenvalue weighted by Crippen LogP contribution is -2.36. The normalized spacial score (nSPS) is 20.2. The smallest absolute Gasteiger partial charge is 0.251 e. The maximum atomic E-state index is 11.8. The molecule has 0 saturated carbocycles. The minimum Gasteiger partial charge on any atom is -0.348 e. The summed E-state index contributed by atoms with van der Waals surface area (Å²) in [5.41, 5.74) is 1.92. The molecule has 1 heterocycles. The molecule has 1 aliphatic heterocycles. The molecule has 80 valence electrons. The third-order valence-corrected chi connectivity index (χ3v) is 2.71.